The van der Waals surface area contributed by atoms with Crippen molar-refractivity contribution in [2.45, 2.75) is 0 Å². The molecule has 5 heterocycles. The van der Waals surface area contributed by atoms with Crippen molar-refractivity contribution in [2.75, 3.05) is 0 Å². The minimum Gasteiger partial charge on any atom is -0.255 e. The van der Waals surface area contributed by atoms with Gasteiger partial charge in [-0.25, -0.2) is 24.9 Å². The molecule has 0 unspecified atom stereocenters. The van der Waals surface area contributed by atoms with Crippen LogP contribution in [0.5, 0.6) is 0 Å². The monoisotopic (exact) mass is 641 g/mol. The Bertz CT molecular complexity index is 2540. The lowest BCUT2D eigenvalue weighted by Crippen LogP contribution is -2.03. The quantitative estimate of drug-likeness (QED) is 0.167. The Labute approximate surface area is 288 Å². The van der Waals surface area contributed by atoms with Gasteiger partial charge in [0.25, 0.3) is 0 Å². The van der Waals surface area contributed by atoms with E-state index in [-0.39, 0.29) is 0 Å². The van der Waals surface area contributed by atoms with Gasteiger partial charge in [0.05, 0.1) is 22.8 Å². The predicted molar refractivity (Wildman–Crippen MR) is 199 cm³/mol. The van der Waals surface area contributed by atoms with E-state index in [1.54, 1.807) is 12.4 Å². The van der Waals surface area contributed by atoms with Crippen molar-refractivity contribution in [1.29, 1.82) is 0 Å². The van der Waals surface area contributed by atoms with Crippen molar-refractivity contribution < 1.29 is 0 Å². The molecule has 0 fully saturated rings. The molecule has 0 saturated heterocycles. The molecule has 7 nitrogen and oxygen atoms in total. The highest BCUT2D eigenvalue weighted by Gasteiger charge is 2.16. The summed E-state index contributed by atoms with van der Waals surface area (Å²) in [5.74, 6) is 1.41. The Morgan fingerprint density at radius 2 is 0.780 bits per heavy atom. The summed E-state index contributed by atoms with van der Waals surface area (Å²) in [6.07, 6.45) is 3.51. The maximum Gasteiger partial charge on any atom is 0.182 e. The van der Waals surface area contributed by atoms with Crippen LogP contribution in [0.25, 0.3) is 89.9 Å². The number of rotatable bonds is 6. The van der Waals surface area contributed by atoms with Crippen molar-refractivity contribution >= 4 is 21.5 Å². The summed E-state index contributed by atoms with van der Waals surface area (Å²) in [4.78, 5) is 33.6. The fraction of sp³-hybridized carbons (Fsp3) is 0. The molecule has 0 aliphatic heterocycles. The zero-order valence-electron chi connectivity index (χ0n) is 26.7. The molecule has 50 heavy (non-hydrogen) atoms. The first-order valence-electron chi connectivity index (χ1n) is 16.3. The van der Waals surface area contributed by atoms with E-state index in [1.165, 1.54) is 27.1 Å². The molecule has 5 aromatic heterocycles. The van der Waals surface area contributed by atoms with Gasteiger partial charge in [0.1, 0.15) is 11.4 Å². The van der Waals surface area contributed by atoms with Crippen molar-refractivity contribution in [3.05, 3.63) is 164 Å². The topological polar surface area (TPSA) is 90.2 Å². The van der Waals surface area contributed by atoms with Crippen molar-refractivity contribution in [3.63, 3.8) is 0 Å². The van der Waals surface area contributed by atoms with Crippen LogP contribution in [-0.2, 0) is 0 Å². The van der Waals surface area contributed by atoms with Crippen LogP contribution in [0.4, 0.5) is 0 Å². The van der Waals surface area contributed by atoms with Crippen LogP contribution in [0.2, 0.25) is 0 Å². The molecule has 4 aromatic carbocycles. The first-order valence-corrected chi connectivity index (χ1v) is 16.3. The molecule has 9 rings (SSSR count). The summed E-state index contributed by atoms with van der Waals surface area (Å²) in [5, 5.41) is 4.90. The van der Waals surface area contributed by atoms with Crippen LogP contribution < -0.4 is 0 Å². The zero-order valence-corrected chi connectivity index (χ0v) is 26.7. The second-order valence-electron chi connectivity index (χ2n) is 11.8. The van der Waals surface area contributed by atoms with E-state index in [4.69, 9.17) is 24.9 Å². The van der Waals surface area contributed by atoms with Gasteiger partial charge >= 0.3 is 0 Å². The van der Waals surface area contributed by atoms with Gasteiger partial charge in [-0.3, -0.25) is 9.97 Å². The second-order valence-corrected chi connectivity index (χ2v) is 11.8. The molecule has 0 bridgehead atoms. The minimum absolute atomic E-state index is 0.442. The Kier molecular flexibility index (Phi) is 7.33. The maximum atomic E-state index is 4.96. The highest BCUT2D eigenvalue weighted by molar-refractivity contribution is 6.13. The molecule has 0 atom stereocenters. The van der Waals surface area contributed by atoms with Gasteiger partial charge in [-0.2, -0.15) is 0 Å². The van der Waals surface area contributed by atoms with Crippen molar-refractivity contribution in [3.8, 4) is 68.3 Å². The summed E-state index contributed by atoms with van der Waals surface area (Å²) in [6.45, 7) is 0. The third-order valence-corrected chi connectivity index (χ3v) is 8.67. The van der Waals surface area contributed by atoms with Crippen LogP contribution in [0.3, 0.4) is 0 Å². The summed E-state index contributed by atoms with van der Waals surface area (Å²) in [6, 6.07) is 50.9. The van der Waals surface area contributed by atoms with Crippen LogP contribution in [0.15, 0.2) is 164 Å². The highest BCUT2D eigenvalue weighted by atomic mass is 15.1. The summed E-state index contributed by atoms with van der Waals surface area (Å²) < 4.78 is 0. The second kappa shape index (κ2) is 12.6. The third kappa shape index (κ3) is 5.52. The Hall–Kier alpha value is -6.99. The van der Waals surface area contributed by atoms with E-state index in [2.05, 4.69) is 88.8 Å². The molecule has 0 radical (unpaired) electrons. The maximum absolute atomic E-state index is 4.96. The van der Waals surface area contributed by atoms with Crippen LogP contribution >= 0.6 is 0 Å². The number of pyridine rings is 4. The first-order chi connectivity index (χ1) is 24.8. The van der Waals surface area contributed by atoms with Crippen molar-refractivity contribution in [1.82, 2.24) is 34.9 Å². The predicted octanol–water partition coefficient (Wildman–Crippen LogP) is 9.76. The van der Waals surface area contributed by atoms with Gasteiger partial charge in [0.15, 0.2) is 17.5 Å². The van der Waals surface area contributed by atoms with E-state index in [0.29, 0.717) is 28.9 Å². The first kappa shape index (κ1) is 29.2. The number of hydrogen-bond acceptors (Lipinski definition) is 7. The largest absolute Gasteiger partial charge is 0.255 e. The average molecular weight is 642 g/mol. The molecular formula is C43H27N7. The van der Waals surface area contributed by atoms with E-state index < -0.39 is 0 Å². The number of aromatic nitrogens is 7. The molecular weight excluding hydrogens is 615 g/mol. The van der Waals surface area contributed by atoms with Crippen molar-refractivity contribution in [2.24, 2.45) is 0 Å². The number of nitrogens with zero attached hydrogens (tertiary/aromatic N) is 7. The fourth-order valence-corrected chi connectivity index (χ4v) is 6.26. The lowest BCUT2D eigenvalue weighted by atomic mass is 9.93. The summed E-state index contributed by atoms with van der Waals surface area (Å²) in [7, 11) is 0. The number of benzene rings is 4. The molecule has 0 aliphatic rings. The molecule has 0 amide bonds. The van der Waals surface area contributed by atoms with Crippen LogP contribution in [0.1, 0.15) is 0 Å². The molecule has 234 valence electrons. The normalized spacial score (nSPS) is 11.2. The Balaban J connectivity index is 1.17. The smallest absolute Gasteiger partial charge is 0.182 e. The van der Waals surface area contributed by atoms with E-state index >= 15 is 0 Å². The number of fused-ring (bicyclic) bond motifs is 3. The standard InChI is InChI=1S/C43H27N7/c1-2-12-31-30(11-1)27-34(33-14-4-3-13-32(31)33)28-21-23-29(24-22-28)41-48-42(39-19-9-17-37(46-39)35-15-5-7-25-44-35)50-43(49-41)40-20-10-18-38(47-40)36-16-6-8-26-45-36/h1-27H. The van der Waals surface area contributed by atoms with E-state index in [0.717, 1.165) is 33.9 Å². The van der Waals surface area contributed by atoms with Crippen LogP contribution in [0, 0.1) is 0 Å². The Morgan fingerprint density at radius 1 is 0.300 bits per heavy atom. The zero-order chi connectivity index (χ0) is 33.3. The van der Waals surface area contributed by atoms with E-state index in [9.17, 15) is 0 Å². The Morgan fingerprint density at radius 3 is 1.38 bits per heavy atom. The third-order valence-electron chi connectivity index (χ3n) is 8.67. The van der Waals surface area contributed by atoms with Gasteiger partial charge in [0.2, 0.25) is 0 Å². The average Bonchev–Trinajstić information content (AvgIpc) is 3.21. The van der Waals surface area contributed by atoms with Crippen LogP contribution in [-0.4, -0.2) is 34.9 Å². The number of hydrogen-bond donors (Lipinski definition) is 0. The van der Waals surface area contributed by atoms with Gasteiger partial charge < -0.3 is 0 Å². The molecule has 0 aliphatic carbocycles. The molecule has 0 spiro atoms. The molecule has 9 aromatic rings. The molecule has 0 N–H and O–H groups in total. The van der Waals surface area contributed by atoms with Gasteiger partial charge in [-0.05, 0) is 87.3 Å². The van der Waals surface area contributed by atoms with Gasteiger partial charge in [0, 0.05) is 18.0 Å². The molecule has 7 heteroatoms. The molecule has 0 saturated carbocycles. The van der Waals surface area contributed by atoms with E-state index in [1.807, 2.05) is 72.8 Å². The van der Waals surface area contributed by atoms with Gasteiger partial charge in [-0.15, -0.1) is 0 Å². The lowest BCUT2D eigenvalue weighted by molar-refractivity contribution is 1.04. The fourth-order valence-electron chi connectivity index (χ4n) is 6.26. The highest BCUT2D eigenvalue weighted by Crippen LogP contribution is 2.36. The summed E-state index contributed by atoms with van der Waals surface area (Å²) in [5.41, 5.74) is 7.36. The SMILES string of the molecule is c1ccc(-c2cccc(-c3nc(-c4ccc(-c5cc6ccccc6c6ccccc56)cc4)nc(-c4cccc(-c5ccccn5)n4)n3)n2)nc1. The lowest BCUT2D eigenvalue weighted by Gasteiger charge is -2.12. The van der Waals surface area contributed by atoms with Gasteiger partial charge in [-0.1, -0.05) is 97.1 Å². The minimum atomic E-state index is 0.442. The summed E-state index contributed by atoms with van der Waals surface area (Å²) >= 11 is 0.